The SMILES string of the molecule is CCC1CN(C(=O)Cc2cccc(OC)c2)CCC1O. The molecule has 110 valence electrons. The third kappa shape index (κ3) is 3.51. The zero-order chi connectivity index (χ0) is 14.5. The molecule has 1 fully saturated rings. The van der Waals surface area contributed by atoms with E-state index in [1.807, 2.05) is 29.2 Å². The highest BCUT2D eigenvalue weighted by molar-refractivity contribution is 5.79. The van der Waals surface area contributed by atoms with Gasteiger partial charge in [-0.15, -0.1) is 0 Å². The molecule has 0 spiro atoms. The zero-order valence-electron chi connectivity index (χ0n) is 12.2. The van der Waals surface area contributed by atoms with Crippen LogP contribution >= 0.6 is 0 Å². The van der Waals surface area contributed by atoms with E-state index in [4.69, 9.17) is 4.74 Å². The smallest absolute Gasteiger partial charge is 0.227 e. The Bertz CT molecular complexity index is 461. The number of nitrogens with zero attached hydrogens (tertiary/aromatic N) is 1. The molecule has 0 aliphatic carbocycles. The number of benzene rings is 1. The zero-order valence-corrected chi connectivity index (χ0v) is 12.2. The minimum Gasteiger partial charge on any atom is -0.497 e. The minimum atomic E-state index is -0.263. The van der Waals surface area contributed by atoms with Crippen molar-refractivity contribution in [2.75, 3.05) is 20.2 Å². The summed E-state index contributed by atoms with van der Waals surface area (Å²) in [4.78, 5) is 14.2. The molecule has 0 saturated carbocycles. The van der Waals surface area contributed by atoms with Gasteiger partial charge in [-0.3, -0.25) is 4.79 Å². The number of hydrogen-bond donors (Lipinski definition) is 1. The Morgan fingerprint density at radius 1 is 1.50 bits per heavy atom. The standard InChI is InChI=1S/C16H23NO3/c1-3-13-11-17(8-7-15(13)18)16(19)10-12-5-4-6-14(9-12)20-2/h4-6,9,13,15,18H,3,7-8,10-11H2,1-2H3. The number of aliphatic hydroxyl groups excluding tert-OH is 1. The molecule has 20 heavy (non-hydrogen) atoms. The van der Waals surface area contributed by atoms with E-state index < -0.39 is 0 Å². The summed E-state index contributed by atoms with van der Waals surface area (Å²) >= 11 is 0. The molecule has 2 atom stereocenters. The number of aliphatic hydroxyl groups is 1. The van der Waals surface area contributed by atoms with Gasteiger partial charge in [-0.05, 0) is 30.5 Å². The Morgan fingerprint density at radius 2 is 2.30 bits per heavy atom. The van der Waals surface area contributed by atoms with Crippen LogP contribution in [0.5, 0.6) is 5.75 Å². The molecule has 0 aromatic heterocycles. The van der Waals surface area contributed by atoms with E-state index >= 15 is 0 Å². The number of piperidine rings is 1. The van der Waals surface area contributed by atoms with Crippen molar-refractivity contribution in [3.8, 4) is 5.75 Å². The van der Waals surface area contributed by atoms with Crippen LogP contribution in [0.2, 0.25) is 0 Å². The fraction of sp³-hybridized carbons (Fsp3) is 0.562. The number of rotatable bonds is 4. The molecule has 1 amide bonds. The highest BCUT2D eigenvalue weighted by Crippen LogP contribution is 2.21. The lowest BCUT2D eigenvalue weighted by molar-refractivity contribution is -0.134. The molecule has 1 aliphatic rings. The van der Waals surface area contributed by atoms with E-state index in [0.29, 0.717) is 25.9 Å². The van der Waals surface area contributed by atoms with Crippen LogP contribution in [0.3, 0.4) is 0 Å². The summed E-state index contributed by atoms with van der Waals surface area (Å²) < 4.78 is 5.17. The molecule has 4 heteroatoms. The summed E-state index contributed by atoms with van der Waals surface area (Å²) in [7, 11) is 1.62. The second-order valence-electron chi connectivity index (χ2n) is 5.39. The molecule has 0 bridgehead atoms. The Balaban J connectivity index is 1.97. The first-order valence-corrected chi connectivity index (χ1v) is 7.22. The number of hydrogen-bond acceptors (Lipinski definition) is 3. The third-order valence-electron chi connectivity index (χ3n) is 4.06. The molecule has 1 saturated heterocycles. The maximum Gasteiger partial charge on any atom is 0.227 e. The fourth-order valence-electron chi connectivity index (χ4n) is 2.72. The van der Waals surface area contributed by atoms with Gasteiger partial charge in [0.1, 0.15) is 5.75 Å². The van der Waals surface area contributed by atoms with E-state index in [0.717, 1.165) is 17.7 Å². The van der Waals surface area contributed by atoms with Crippen LogP contribution in [0.4, 0.5) is 0 Å². The lowest BCUT2D eigenvalue weighted by atomic mass is 9.92. The molecule has 4 nitrogen and oxygen atoms in total. The van der Waals surface area contributed by atoms with Gasteiger partial charge >= 0.3 is 0 Å². The van der Waals surface area contributed by atoms with Gasteiger partial charge in [0.05, 0.1) is 19.6 Å². The van der Waals surface area contributed by atoms with Gasteiger partial charge in [-0.2, -0.15) is 0 Å². The minimum absolute atomic E-state index is 0.128. The lowest BCUT2D eigenvalue weighted by Gasteiger charge is -2.35. The van der Waals surface area contributed by atoms with Crippen molar-refractivity contribution in [3.05, 3.63) is 29.8 Å². The Kier molecular flexibility index (Phi) is 5.01. The Morgan fingerprint density at radius 3 is 3.00 bits per heavy atom. The van der Waals surface area contributed by atoms with E-state index in [1.165, 1.54) is 0 Å². The number of carbonyl (C=O) groups excluding carboxylic acids is 1. The summed E-state index contributed by atoms with van der Waals surface area (Å²) in [5, 5.41) is 9.87. The van der Waals surface area contributed by atoms with E-state index in [2.05, 4.69) is 6.92 Å². The van der Waals surface area contributed by atoms with Gasteiger partial charge in [0.15, 0.2) is 0 Å². The number of amides is 1. The number of ether oxygens (including phenoxy) is 1. The number of carbonyl (C=O) groups is 1. The van der Waals surface area contributed by atoms with Crippen molar-refractivity contribution < 1.29 is 14.6 Å². The van der Waals surface area contributed by atoms with Crippen LogP contribution in [-0.4, -0.2) is 42.2 Å². The van der Waals surface area contributed by atoms with Crippen molar-refractivity contribution in [1.29, 1.82) is 0 Å². The summed E-state index contributed by atoms with van der Waals surface area (Å²) in [5.74, 6) is 1.11. The molecule has 1 aliphatic heterocycles. The van der Waals surface area contributed by atoms with Crippen LogP contribution in [0.15, 0.2) is 24.3 Å². The molecular formula is C16H23NO3. The van der Waals surface area contributed by atoms with E-state index in [9.17, 15) is 9.90 Å². The van der Waals surface area contributed by atoms with Gasteiger partial charge < -0.3 is 14.7 Å². The predicted octanol–water partition coefficient (Wildman–Crippen LogP) is 1.86. The number of likely N-dealkylation sites (tertiary alicyclic amines) is 1. The maximum atomic E-state index is 12.3. The van der Waals surface area contributed by atoms with Crippen LogP contribution < -0.4 is 4.74 Å². The first-order chi connectivity index (χ1) is 9.63. The molecule has 1 N–H and O–H groups in total. The van der Waals surface area contributed by atoms with Crippen molar-refractivity contribution in [3.63, 3.8) is 0 Å². The third-order valence-corrected chi connectivity index (χ3v) is 4.06. The lowest BCUT2D eigenvalue weighted by Crippen LogP contribution is -2.46. The summed E-state index contributed by atoms with van der Waals surface area (Å²) in [6.07, 6.45) is 1.72. The Labute approximate surface area is 120 Å². The van der Waals surface area contributed by atoms with Crippen molar-refractivity contribution in [1.82, 2.24) is 4.90 Å². The normalized spacial score (nSPS) is 22.6. The fourth-order valence-corrected chi connectivity index (χ4v) is 2.72. The maximum absolute atomic E-state index is 12.3. The summed E-state index contributed by atoms with van der Waals surface area (Å²) in [5.41, 5.74) is 0.966. The van der Waals surface area contributed by atoms with E-state index in [1.54, 1.807) is 7.11 Å². The van der Waals surface area contributed by atoms with Gasteiger partial charge in [0.25, 0.3) is 0 Å². The van der Waals surface area contributed by atoms with Crippen molar-refractivity contribution >= 4 is 5.91 Å². The van der Waals surface area contributed by atoms with Crippen LogP contribution in [-0.2, 0) is 11.2 Å². The number of methoxy groups -OCH3 is 1. The second kappa shape index (κ2) is 6.75. The summed E-state index contributed by atoms with van der Waals surface area (Å²) in [6, 6.07) is 7.61. The average Bonchev–Trinajstić information content (AvgIpc) is 2.47. The van der Waals surface area contributed by atoms with Gasteiger partial charge in [0, 0.05) is 19.0 Å². The molecular weight excluding hydrogens is 254 g/mol. The van der Waals surface area contributed by atoms with Crippen LogP contribution in [0, 0.1) is 5.92 Å². The molecule has 1 aromatic rings. The topological polar surface area (TPSA) is 49.8 Å². The quantitative estimate of drug-likeness (QED) is 0.914. The molecule has 0 radical (unpaired) electrons. The Hall–Kier alpha value is -1.55. The predicted molar refractivity (Wildman–Crippen MR) is 77.7 cm³/mol. The molecule has 1 heterocycles. The first-order valence-electron chi connectivity index (χ1n) is 7.22. The van der Waals surface area contributed by atoms with Crippen molar-refractivity contribution in [2.24, 2.45) is 5.92 Å². The van der Waals surface area contributed by atoms with Gasteiger partial charge in [0.2, 0.25) is 5.91 Å². The molecule has 1 aromatic carbocycles. The van der Waals surface area contributed by atoms with E-state index in [-0.39, 0.29) is 17.9 Å². The molecule has 2 unspecified atom stereocenters. The monoisotopic (exact) mass is 277 g/mol. The van der Waals surface area contributed by atoms with Crippen LogP contribution in [0.1, 0.15) is 25.3 Å². The summed E-state index contributed by atoms with van der Waals surface area (Å²) in [6.45, 7) is 3.38. The highest BCUT2D eigenvalue weighted by atomic mass is 16.5. The van der Waals surface area contributed by atoms with Gasteiger partial charge in [-0.25, -0.2) is 0 Å². The highest BCUT2D eigenvalue weighted by Gasteiger charge is 2.28. The molecule has 2 rings (SSSR count). The first kappa shape index (κ1) is 14.9. The van der Waals surface area contributed by atoms with Crippen molar-refractivity contribution in [2.45, 2.75) is 32.3 Å². The van der Waals surface area contributed by atoms with Crippen LogP contribution in [0.25, 0.3) is 0 Å². The second-order valence-corrected chi connectivity index (χ2v) is 5.39. The largest absolute Gasteiger partial charge is 0.497 e. The van der Waals surface area contributed by atoms with Gasteiger partial charge in [-0.1, -0.05) is 19.1 Å². The average molecular weight is 277 g/mol.